The molecule has 2 unspecified atom stereocenters. The lowest BCUT2D eigenvalue weighted by molar-refractivity contribution is -0.146. The predicted molar refractivity (Wildman–Crippen MR) is 66.5 cm³/mol. The average Bonchev–Trinajstić information content (AvgIpc) is 2.72. The Bertz CT molecular complexity index is 377. The molecule has 0 aliphatic carbocycles. The van der Waals surface area contributed by atoms with Crippen LogP contribution in [0, 0.1) is 0 Å². The molecule has 0 amide bonds. The molecule has 0 spiro atoms. The van der Waals surface area contributed by atoms with Crippen molar-refractivity contribution < 1.29 is 9.53 Å². The molecule has 0 bridgehead atoms. The molecule has 1 aromatic carbocycles. The van der Waals surface area contributed by atoms with E-state index in [1.54, 1.807) is 0 Å². The van der Waals surface area contributed by atoms with Gasteiger partial charge in [0.25, 0.3) is 0 Å². The molecule has 3 heteroatoms. The first kappa shape index (κ1) is 12.1. The van der Waals surface area contributed by atoms with Gasteiger partial charge in [0.15, 0.2) is 0 Å². The first-order chi connectivity index (χ1) is 8.22. The second-order valence-electron chi connectivity index (χ2n) is 4.62. The fraction of sp³-hybridized carbons (Fsp3) is 0.500. The minimum absolute atomic E-state index is 0.0739. The molecule has 0 radical (unpaired) electrons. The number of benzene rings is 1. The fourth-order valence-electron chi connectivity index (χ4n) is 2.49. The van der Waals surface area contributed by atoms with Crippen molar-refractivity contribution >= 4 is 5.97 Å². The fourth-order valence-corrected chi connectivity index (χ4v) is 2.49. The van der Waals surface area contributed by atoms with Crippen molar-refractivity contribution in [2.24, 2.45) is 0 Å². The molecule has 17 heavy (non-hydrogen) atoms. The smallest absolute Gasteiger partial charge is 0.323 e. The maximum absolute atomic E-state index is 11.7. The highest BCUT2D eigenvalue weighted by Gasteiger charge is 2.35. The van der Waals surface area contributed by atoms with Crippen LogP contribution in [0.4, 0.5) is 0 Å². The summed E-state index contributed by atoms with van der Waals surface area (Å²) in [5, 5.41) is 0. The second kappa shape index (κ2) is 5.32. The number of hydrogen-bond donors (Lipinski definition) is 0. The van der Waals surface area contributed by atoms with E-state index in [-0.39, 0.29) is 12.0 Å². The van der Waals surface area contributed by atoms with Gasteiger partial charge in [-0.3, -0.25) is 9.69 Å². The largest absolute Gasteiger partial charge is 0.468 e. The van der Waals surface area contributed by atoms with Crippen molar-refractivity contribution in [2.75, 3.05) is 7.11 Å². The number of esters is 1. The Morgan fingerprint density at radius 3 is 2.71 bits per heavy atom. The third kappa shape index (κ3) is 2.67. The molecule has 1 saturated heterocycles. The van der Waals surface area contributed by atoms with E-state index in [2.05, 4.69) is 24.0 Å². The molecule has 1 aliphatic heterocycles. The van der Waals surface area contributed by atoms with Gasteiger partial charge < -0.3 is 4.74 Å². The van der Waals surface area contributed by atoms with Crippen LogP contribution in [0.3, 0.4) is 0 Å². The van der Waals surface area contributed by atoms with E-state index in [0.717, 1.165) is 19.4 Å². The Morgan fingerprint density at radius 2 is 2.06 bits per heavy atom. The van der Waals surface area contributed by atoms with E-state index in [1.807, 2.05) is 18.2 Å². The lowest BCUT2D eigenvalue weighted by atomic mass is 10.2. The lowest BCUT2D eigenvalue weighted by Crippen LogP contribution is -2.39. The van der Waals surface area contributed by atoms with Crippen molar-refractivity contribution in [1.29, 1.82) is 0 Å². The quantitative estimate of drug-likeness (QED) is 0.750. The number of rotatable bonds is 3. The van der Waals surface area contributed by atoms with E-state index >= 15 is 0 Å². The van der Waals surface area contributed by atoms with Gasteiger partial charge in [-0.25, -0.2) is 0 Å². The number of methoxy groups -OCH3 is 1. The Hall–Kier alpha value is -1.35. The third-order valence-electron chi connectivity index (χ3n) is 3.51. The topological polar surface area (TPSA) is 29.5 Å². The molecule has 0 saturated carbocycles. The van der Waals surface area contributed by atoms with Crippen molar-refractivity contribution in [3.8, 4) is 0 Å². The first-order valence-corrected chi connectivity index (χ1v) is 6.10. The summed E-state index contributed by atoms with van der Waals surface area (Å²) >= 11 is 0. The maximum atomic E-state index is 11.7. The molecular weight excluding hydrogens is 214 g/mol. The molecule has 1 aliphatic rings. The Kier molecular flexibility index (Phi) is 3.79. The van der Waals surface area contributed by atoms with Crippen LogP contribution in [-0.2, 0) is 16.1 Å². The number of nitrogens with zero attached hydrogens (tertiary/aromatic N) is 1. The van der Waals surface area contributed by atoms with Crippen LogP contribution in [-0.4, -0.2) is 30.1 Å². The highest BCUT2D eigenvalue weighted by atomic mass is 16.5. The van der Waals surface area contributed by atoms with Gasteiger partial charge in [0.05, 0.1) is 7.11 Å². The zero-order valence-corrected chi connectivity index (χ0v) is 10.4. The Morgan fingerprint density at radius 1 is 1.35 bits per heavy atom. The lowest BCUT2D eigenvalue weighted by Gasteiger charge is -2.26. The van der Waals surface area contributed by atoms with Gasteiger partial charge in [-0.1, -0.05) is 30.3 Å². The molecule has 0 N–H and O–H groups in total. The number of hydrogen-bond acceptors (Lipinski definition) is 3. The summed E-state index contributed by atoms with van der Waals surface area (Å²) in [6.45, 7) is 2.99. The molecule has 1 aromatic rings. The highest BCUT2D eigenvalue weighted by molar-refractivity contribution is 5.76. The van der Waals surface area contributed by atoms with Gasteiger partial charge in [-0.15, -0.1) is 0 Å². The number of ether oxygens (including phenoxy) is 1. The van der Waals surface area contributed by atoms with Crippen LogP contribution in [0.1, 0.15) is 25.3 Å². The van der Waals surface area contributed by atoms with Gasteiger partial charge in [-0.2, -0.15) is 0 Å². The summed E-state index contributed by atoms with van der Waals surface area (Å²) < 4.78 is 4.87. The van der Waals surface area contributed by atoms with E-state index in [1.165, 1.54) is 12.7 Å². The minimum Gasteiger partial charge on any atom is -0.468 e. The third-order valence-corrected chi connectivity index (χ3v) is 3.51. The van der Waals surface area contributed by atoms with Crippen LogP contribution >= 0.6 is 0 Å². The second-order valence-corrected chi connectivity index (χ2v) is 4.62. The SMILES string of the molecule is COC(=O)C1CCC(C)N1Cc1ccccc1. The summed E-state index contributed by atoms with van der Waals surface area (Å²) in [6.07, 6.45) is 1.97. The van der Waals surface area contributed by atoms with E-state index in [9.17, 15) is 4.79 Å². The predicted octanol–water partition coefficient (Wildman–Crippen LogP) is 2.21. The van der Waals surface area contributed by atoms with E-state index < -0.39 is 0 Å². The summed E-state index contributed by atoms with van der Waals surface area (Å²) in [7, 11) is 1.46. The molecular formula is C14H19NO2. The average molecular weight is 233 g/mol. The van der Waals surface area contributed by atoms with Gasteiger partial charge in [-0.05, 0) is 25.3 Å². The normalized spacial score (nSPS) is 24.8. The Balaban J connectivity index is 2.09. The van der Waals surface area contributed by atoms with Crippen LogP contribution in [0.5, 0.6) is 0 Å². The molecule has 2 atom stereocenters. The van der Waals surface area contributed by atoms with Crippen molar-refractivity contribution in [2.45, 2.75) is 38.4 Å². The van der Waals surface area contributed by atoms with Crippen molar-refractivity contribution in [3.05, 3.63) is 35.9 Å². The zero-order chi connectivity index (χ0) is 12.3. The van der Waals surface area contributed by atoms with Crippen LogP contribution in [0.15, 0.2) is 30.3 Å². The summed E-state index contributed by atoms with van der Waals surface area (Å²) in [4.78, 5) is 13.9. The molecule has 1 fully saturated rings. The Labute approximate surface area is 102 Å². The van der Waals surface area contributed by atoms with Crippen LogP contribution < -0.4 is 0 Å². The molecule has 3 nitrogen and oxygen atoms in total. The van der Waals surface area contributed by atoms with Crippen molar-refractivity contribution in [1.82, 2.24) is 4.90 Å². The van der Waals surface area contributed by atoms with E-state index in [0.29, 0.717) is 6.04 Å². The van der Waals surface area contributed by atoms with Gasteiger partial charge in [0.2, 0.25) is 0 Å². The molecule has 92 valence electrons. The number of carbonyl (C=O) groups is 1. The number of carbonyl (C=O) groups excluding carboxylic acids is 1. The van der Waals surface area contributed by atoms with Crippen LogP contribution in [0.2, 0.25) is 0 Å². The highest BCUT2D eigenvalue weighted by Crippen LogP contribution is 2.26. The summed E-state index contributed by atoms with van der Waals surface area (Å²) in [5.41, 5.74) is 1.25. The summed E-state index contributed by atoms with van der Waals surface area (Å²) in [6, 6.07) is 10.6. The monoisotopic (exact) mass is 233 g/mol. The van der Waals surface area contributed by atoms with Gasteiger partial charge in [0.1, 0.15) is 6.04 Å². The zero-order valence-electron chi connectivity index (χ0n) is 10.4. The first-order valence-electron chi connectivity index (χ1n) is 6.10. The molecule has 1 heterocycles. The maximum Gasteiger partial charge on any atom is 0.323 e. The van der Waals surface area contributed by atoms with Gasteiger partial charge in [0, 0.05) is 12.6 Å². The van der Waals surface area contributed by atoms with E-state index in [4.69, 9.17) is 4.74 Å². The molecule has 0 aromatic heterocycles. The number of likely N-dealkylation sites (tertiary alicyclic amines) is 1. The van der Waals surface area contributed by atoms with Crippen molar-refractivity contribution in [3.63, 3.8) is 0 Å². The van der Waals surface area contributed by atoms with Gasteiger partial charge >= 0.3 is 5.97 Å². The summed E-state index contributed by atoms with van der Waals surface area (Å²) in [5.74, 6) is -0.106. The standard InChI is InChI=1S/C14H19NO2/c1-11-8-9-13(14(16)17-2)15(11)10-12-6-4-3-5-7-12/h3-7,11,13H,8-10H2,1-2H3. The minimum atomic E-state index is -0.106. The van der Waals surface area contributed by atoms with Crippen LogP contribution in [0.25, 0.3) is 0 Å². The molecule has 2 rings (SSSR count).